The van der Waals surface area contributed by atoms with E-state index in [0.717, 1.165) is 0 Å². The highest BCUT2D eigenvalue weighted by molar-refractivity contribution is 5.74. The van der Waals surface area contributed by atoms with Gasteiger partial charge in [0.2, 0.25) is 0 Å². The highest BCUT2D eigenvalue weighted by Crippen LogP contribution is 2.21. The molecule has 0 saturated carbocycles. The zero-order valence-corrected chi connectivity index (χ0v) is 7.80. The second-order valence-electron chi connectivity index (χ2n) is 2.77. The molecule has 0 aliphatic carbocycles. The van der Waals surface area contributed by atoms with Crippen molar-refractivity contribution in [2.45, 2.75) is 13.0 Å². The number of phenols is 1. The van der Waals surface area contributed by atoms with E-state index < -0.39 is 12.1 Å². The summed E-state index contributed by atoms with van der Waals surface area (Å²) in [6.07, 6.45) is -1.01. The molecule has 0 bridgehead atoms. The van der Waals surface area contributed by atoms with Crippen LogP contribution in [0.15, 0.2) is 24.3 Å². The lowest BCUT2D eigenvalue weighted by Gasteiger charge is -2.12. The third kappa shape index (κ3) is 2.47. The third-order valence-electron chi connectivity index (χ3n) is 1.73. The molecule has 0 amide bonds. The Hall–Kier alpha value is -1.55. The van der Waals surface area contributed by atoms with Gasteiger partial charge in [0.1, 0.15) is 5.75 Å². The number of aromatic hydroxyl groups is 1. The van der Waals surface area contributed by atoms with Gasteiger partial charge in [0.25, 0.3) is 0 Å². The molecule has 0 fully saturated rings. The van der Waals surface area contributed by atoms with Crippen LogP contribution in [0.4, 0.5) is 0 Å². The largest absolute Gasteiger partial charge is 0.508 e. The molecular weight excluding hydrogens is 184 g/mol. The minimum atomic E-state index is -1.06. The first kappa shape index (κ1) is 10.5. The quantitative estimate of drug-likeness (QED) is 0.766. The zero-order chi connectivity index (χ0) is 10.6. The Kier molecular flexibility index (Phi) is 3.48. The molecule has 1 aromatic carbocycles. The SMILES string of the molecule is CCOC(C(=O)O)c1cccc(O)c1. The van der Waals surface area contributed by atoms with Gasteiger partial charge in [-0.25, -0.2) is 4.79 Å². The summed E-state index contributed by atoms with van der Waals surface area (Å²) in [5, 5.41) is 18.0. The normalized spacial score (nSPS) is 12.4. The van der Waals surface area contributed by atoms with Crippen LogP contribution in [0.2, 0.25) is 0 Å². The van der Waals surface area contributed by atoms with E-state index >= 15 is 0 Å². The van der Waals surface area contributed by atoms with E-state index in [1.165, 1.54) is 12.1 Å². The highest BCUT2D eigenvalue weighted by atomic mass is 16.5. The summed E-state index contributed by atoms with van der Waals surface area (Å²) >= 11 is 0. The van der Waals surface area contributed by atoms with Gasteiger partial charge in [-0.15, -0.1) is 0 Å². The van der Waals surface area contributed by atoms with E-state index in [2.05, 4.69) is 0 Å². The summed E-state index contributed by atoms with van der Waals surface area (Å²) in [6, 6.07) is 6.05. The number of hydrogen-bond donors (Lipinski definition) is 2. The van der Waals surface area contributed by atoms with Crippen molar-refractivity contribution in [3.63, 3.8) is 0 Å². The first-order chi connectivity index (χ1) is 6.65. The van der Waals surface area contributed by atoms with Crippen LogP contribution < -0.4 is 0 Å². The van der Waals surface area contributed by atoms with Gasteiger partial charge >= 0.3 is 5.97 Å². The Labute approximate surface area is 81.8 Å². The summed E-state index contributed by atoms with van der Waals surface area (Å²) in [4.78, 5) is 10.8. The molecule has 0 saturated heterocycles. The Balaban J connectivity index is 2.93. The number of carbonyl (C=O) groups is 1. The second-order valence-corrected chi connectivity index (χ2v) is 2.77. The number of aliphatic carboxylic acids is 1. The number of rotatable bonds is 4. The van der Waals surface area contributed by atoms with Crippen LogP contribution >= 0.6 is 0 Å². The summed E-state index contributed by atoms with van der Waals surface area (Å²) in [5.74, 6) is -1.02. The van der Waals surface area contributed by atoms with Crippen molar-refractivity contribution >= 4 is 5.97 Å². The molecule has 0 radical (unpaired) electrons. The van der Waals surface area contributed by atoms with Gasteiger partial charge < -0.3 is 14.9 Å². The summed E-state index contributed by atoms with van der Waals surface area (Å²) in [7, 11) is 0. The highest BCUT2D eigenvalue weighted by Gasteiger charge is 2.19. The summed E-state index contributed by atoms with van der Waals surface area (Å²) in [5.41, 5.74) is 0.444. The summed E-state index contributed by atoms with van der Waals surface area (Å²) < 4.78 is 5.03. The topological polar surface area (TPSA) is 66.8 Å². The molecule has 0 spiro atoms. The molecular formula is C10H12O4. The molecule has 4 nitrogen and oxygen atoms in total. The fraction of sp³-hybridized carbons (Fsp3) is 0.300. The molecule has 1 rings (SSSR count). The number of ether oxygens (including phenoxy) is 1. The van der Waals surface area contributed by atoms with Gasteiger partial charge in [-0.3, -0.25) is 0 Å². The van der Waals surface area contributed by atoms with E-state index in [0.29, 0.717) is 12.2 Å². The average Bonchev–Trinajstić information content (AvgIpc) is 2.13. The van der Waals surface area contributed by atoms with Crippen molar-refractivity contribution in [2.24, 2.45) is 0 Å². The molecule has 76 valence electrons. The van der Waals surface area contributed by atoms with Gasteiger partial charge in [0, 0.05) is 6.61 Å². The molecule has 2 N–H and O–H groups in total. The molecule has 14 heavy (non-hydrogen) atoms. The minimum Gasteiger partial charge on any atom is -0.508 e. The monoisotopic (exact) mass is 196 g/mol. The Morgan fingerprint density at radius 1 is 1.57 bits per heavy atom. The molecule has 0 heterocycles. The van der Waals surface area contributed by atoms with Gasteiger partial charge in [0.05, 0.1) is 0 Å². The molecule has 1 unspecified atom stereocenters. The number of hydrogen-bond acceptors (Lipinski definition) is 3. The molecule has 4 heteroatoms. The maximum atomic E-state index is 10.8. The standard InChI is InChI=1S/C10H12O4/c1-2-14-9(10(12)13)7-4-3-5-8(11)6-7/h3-6,9,11H,2H2,1H3,(H,12,13). The Bertz CT molecular complexity index is 322. The van der Waals surface area contributed by atoms with Gasteiger partial charge in [-0.2, -0.15) is 0 Å². The maximum Gasteiger partial charge on any atom is 0.337 e. The Morgan fingerprint density at radius 2 is 2.29 bits per heavy atom. The second kappa shape index (κ2) is 4.62. The van der Waals surface area contributed by atoms with Crippen LogP contribution in [0, 0.1) is 0 Å². The van der Waals surface area contributed by atoms with Crippen LogP contribution in [0.5, 0.6) is 5.75 Å². The fourth-order valence-corrected chi connectivity index (χ4v) is 1.16. The molecule has 0 aliphatic heterocycles. The molecule has 1 aromatic rings. The molecule has 0 aliphatic rings. The van der Waals surface area contributed by atoms with Crippen LogP contribution in [0.1, 0.15) is 18.6 Å². The number of benzene rings is 1. The lowest BCUT2D eigenvalue weighted by molar-refractivity contribution is -0.150. The maximum absolute atomic E-state index is 10.8. The van der Waals surface area contributed by atoms with Crippen LogP contribution in [0.3, 0.4) is 0 Å². The van der Waals surface area contributed by atoms with Crippen LogP contribution in [-0.2, 0) is 9.53 Å². The number of carboxylic acid groups (broad SMARTS) is 1. The fourth-order valence-electron chi connectivity index (χ4n) is 1.16. The first-order valence-electron chi connectivity index (χ1n) is 4.28. The number of phenolic OH excluding ortho intramolecular Hbond substituents is 1. The van der Waals surface area contributed by atoms with E-state index in [1.54, 1.807) is 19.1 Å². The first-order valence-corrected chi connectivity index (χ1v) is 4.28. The van der Waals surface area contributed by atoms with E-state index in [1.807, 2.05) is 0 Å². The zero-order valence-electron chi connectivity index (χ0n) is 7.80. The van der Waals surface area contributed by atoms with Crippen molar-refractivity contribution in [3.05, 3.63) is 29.8 Å². The van der Waals surface area contributed by atoms with Gasteiger partial charge in [0.15, 0.2) is 6.10 Å². The predicted molar refractivity (Wildman–Crippen MR) is 50.1 cm³/mol. The van der Waals surface area contributed by atoms with Crippen molar-refractivity contribution in [3.8, 4) is 5.75 Å². The van der Waals surface area contributed by atoms with E-state index in [9.17, 15) is 4.79 Å². The smallest absolute Gasteiger partial charge is 0.337 e. The third-order valence-corrected chi connectivity index (χ3v) is 1.73. The van der Waals surface area contributed by atoms with Crippen molar-refractivity contribution in [2.75, 3.05) is 6.61 Å². The van der Waals surface area contributed by atoms with Crippen molar-refractivity contribution in [1.82, 2.24) is 0 Å². The Morgan fingerprint density at radius 3 is 2.79 bits per heavy atom. The lowest BCUT2D eigenvalue weighted by atomic mass is 10.1. The van der Waals surface area contributed by atoms with Crippen LogP contribution in [0.25, 0.3) is 0 Å². The minimum absolute atomic E-state index is 0.0356. The van der Waals surface area contributed by atoms with Crippen molar-refractivity contribution < 1.29 is 19.7 Å². The lowest BCUT2D eigenvalue weighted by Crippen LogP contribution is -2.15. The molecule has 0 aromatic heterocycles. The van der Waals surface area contributed by atoms with Crippen LogP contribution in [-0.4, -0.2) is 22.8 Å². The summed E-state index contributed by atoms with van der Waals surface area (Å²) in [6.45, 7) is 2.03. The molecule has 1 atom stereocenters. The average molecular weight is 196 g/mol. The predicted octanol–water partition coefficient (Wildman–Crippen LogP) is 1.55. The van der Waals surface area contributed by atoms with Gasteiger partial charge in [-0.05, 0) is 24.6 Å². The number of carboxylic acids is 1. The van der Waals surface area contributed by atoms with E-state index in [4.69, 9.17) is 14.9 Å². The van der Waals surface area contributed by atoms with E-state index in [-0.39, 0.29) is 5.75 Å². The van der Waals surface area contributed by atoms with Crippen molar-refractivity contribution in [1.29, 1.82) is 0 Å². The van der Waals surface area contributed by atoms with Gasteiger partial charge in [-0.1, -0.05) is 12.1 Å².